The van der Waals surface area contributed by atoms with Crippen LogP contribution in [0, 0.1) is 5.92 Å². The van der Waals surface area contributed by atoms with Crippen molar-refractivity contribution in [1.82, 2.24) is 0 Å². The number of phenols is 2. The number of amides is 1. The van der Waals surface area contributed by atoms with Crippen molar-refractivity contribution in [3.05, 3.63) is 114 Å². The number of β-lactam (4-membered cyclic amide) rings is 1. The SMILES string of the molecule is O=C1[C@H](CC[C@H](O)c2ccccc2)[C@@H](c2ccc(-c3ccccc3O)c(O)c2)N1c1ccccc1. The minimum absolute atomic E-state index is 0.00531. The molecule has 1 aliphatic rings. The number of nitrogens with zero attached hydrogens (tertiary/aromatic N) is 1. The predicted molar refractivity (Wildman–Crippen MR) is 136 cm³/mol. The van der Waals surface area contributed by atoms with E-state index in [4.69, 9.17) is 0 Å². The molecule has 1 heterocycles. The van der Waals surface area contributed by atoms with Gasteiger partial charge in [0.2, 0.25) is 5.91 Å². The Morgan fingerprint density at radius 1 is 0.743 bits per heavy atom. The number of carbonyl (C=O) groups excluding carboxylic acids is 1. The molecule has 1 saturated heterocycles. The highest BCUT2D eigenvalue weighted by atomic mass is 16.3. The number of rotatable bonds is 7. The monoisotopic (exact) mass is 465 g/mol. The first kappa shape index (κ1) is 22.7. The molecule has 5 heteroatoms. The molecule has 5 rings (SSSR count). The maximum absolute atomic E-state index is 13.3. The Bertz CT molecular complexity index is 1320. The maximum Gasteiger partial charge on any atom is 0.233 e. The zero-order valence-electron chi connectivity index (χ0n) is 19.2. The van der Waals surface area contributed by atoms with Crippen LogP contribution in [0.4, 0.5) is 5.69 Å². The Labute approximate surface area is 204 Å². The number of hydrogen-bond donors (Lipinski definition) is 3. The molecular weight excluding hydrogens is 438 g/mol. The minimum atomic E-state index is -0.646. The van der Waals surface area contributed by atoms with Gasteiger partial charge >= 0.3 is 0 Å². The largest absolute Gasteiger partial charge is 0.507 e. The van der Waals surface area contributed by atoms with Gasteiger partial charge in [-0.3, -0.25) is 4.79 Å². The number of aromatic hydroxyl groups is 2. The molecule has 0 spiro atoms. The van der Waals surface area contributed by atoms with Crippen LogP contribution in [0.3, 0.4) is 0 Å². The molecule has 0 saturated carbocycles. The molecule has 4 aromatic carbocycles. The topological polar surface area (TPSA) is 81.0 Å². The summed E-state index contributed by atoms with van der Waals surface area (Å²) in [4.78, 5) is 15.0. The number of aliphatic hydroxyl groups excluding tert-OH is 1. The molecule has 0 unspecified atom stereocenters. The second-order valence-corrected chi connectivity index (χ2v) is 8.89. The molecular formula is C30H27NO4. The summed E-state index contributed by atoms with van der Waals surface area (Å²) in [6, 6.07) is 30.9. The van der Waals surface area contributed by atoms with Crippen LogP contribution in [0.1, 0.15) is 36.1 Å². The molecule has 3 atom stereocenters. The summed E-state index contributed by atoms with van der Waals surface area (Å²) in [7, 11) is 0. The maximum atomic E-state index is 13.3. The summed E-state index contributed by atoms with van der Waals surface area (Å²) in [5, 5.41) is 31.7. The highest BCUT2D eigenvalue weighted by molar-refractivity contribution is 6.03. The number of carbonyl (C=O) groups is 1. The second-order valence-electron chi connectivity index (χ2n) is 8.89. The van der Waals surface area contributed by atoms with E-state index in [0.717, 1.165) is 16.8 Å². The van der Waals surface area contributed by atoms with Gasteiger partial charge in [-0.15, -0.1) is 0 Å². The van der Waals surface area contributed by atoms with E-state index in [1.807, 2.05) is 66.7 Å². The third-order valence-electron chi connectivity index (χ3n) is 6.74. The van der Waals surface area contributed by atoms with Gasteiger partial charge in [-0.05, 0) is 48.2 Å². The van der Waals surface area contributed by atoms with Gasteiger partial charge in [-0.2, -0.15) is 0 Å². The van der Waals surface area contributed by atoms with Gasteiger partial charge in [0.1, 0.15) is 11.5 Å². The number of phenolic OH excluding ortho intramolecular Hbond substituents is 2. The lowest BCUT2D eigenvalue weighted by molar-refractivity contribution is -0.131. The number of para-hydroxylation sites is 2. The van der Waals surface area contributed by atoms with Crippen molar-refractivity contribution in [2.24, 2.45) is 5.92 Å². The fourth-order valence-corrected chi connectivity index (χ4v) is 4.93. The van der Waals surface area contributed by atoms with Crippen LogP contribution in [0.25, 0.3) is 11.1 Å². The van der Waals surface area contributed by atoms with Gasteiger partial charge in [-0.25, -0.2) is 0 Å². The molecule has 176 valence electrons. The number of anilines is 1. The second kappa shape index (κ2) is 9.65. The lowest BCUT2D eigenvalue weighted by Gasteiger charge is -2.48. The van der Waals surface area contributed by atoms with E-state index in [9.17, 15) is 20.1 Å². The minimum Gasteiger partial charge on any atom is -0.507 e. The standard InChI is InChI=1S/C30H27NO4/c32-26(20-9-3-1-4-10-20)18-17-25-29(31(30(25)35)22-11-5-2-6-12-22)21-15-16-24(28(34)19-21)23-13-7-8-14-27(23)33/h1-16,19,25-26,29,32-34H,17-18H2/t25-,26+,29-/m1/s1. The van der Waals surface area contributed by atoms with Crippen LogP contribution >= 0.6 is 0 Å². The van der Waals surface area contributed by atoms with Gasteiger partial charge in [0.25, 0.3) is 0 Å². The number of aliphatic hydroxyl groups is 1. The van der Waals surface area contributed by atoms with Crippen LogP contribution in [-0.2, 0) is 4.79 Å². The molecule has 1 amide bonds. The zero-order valence-corrected chi connectivity index (χ0v) is 19.2. The lowest BCUT2D eigenvalue weighted by atomic mass is 9.78. The van der Waals surface area contributed by atoms with Crippen molar-refractivity contribution < 1.29 is 20.1 Å². The normalized spacial score (nSPS) is 18.2. The van der Waals surface area contributed by atoms with E-state index in [2.05, 4.69) is 0 Å². The quantitative estimate of drug-likeness (QED) is 0.293. The lowest BCUT2D eigenvalue weighted by Crippen LogP contribution is -2.55. The van der Waals surface area contributed by atoms with Gasteiger partial charge in [0.15, 0.2) is 0 Å². The van der Waals surface area contributed by atoms with E-state index < -0.39 is 6.10 Å². The van der Waals surface area contributed by atoms with E-state index >= 15 is 0 Å². The third-order valence-corrected chi connectivity index (χ3v) is 6.74. The molecule has 4 aromatic rings. The Morgan fingerprint density at radius 3 is 2.06 bits per heavy atom. The first-order valence-electron chi connectivity index (χ1n) is 11.8. The zero-order chi connectivity index (χ0) is 24.4. The van der Waals surface area contributed by atoms with Crippen molar-refractivity contribution in [3.8, 4) is 22.6 Å². The first-order valence-corrected chi connectivity index (χ1v) is 11.8. The summed E-state index contributed by atoms with van der Waals surface area (Å²) in [6.07, 6.45) is 0.333. The van der Waals surface area contributed by atoms with E-state index in [0.29, 0.717) is 24.0 Å². The molecule has 0 bridgehead atoms. The van der Waals surface area contributed by atoms with Crippen LogP contribution in [0.15, 0.2) is 103 Å². The van der Waals surface area contributed by atoms with Crippen molar-refractivity contribution in [2.45, 2.75) is 25.0 Å². The van der Waals surface area contributed by atoms with Crippen molar-refractivity contribution in [1.29, 1.82) is 0 Å². The fourth-order valence-electron chi connectivity index (χ4n) is 4.93. The third kappa shape index (κ3) is 4.38. The molecule has 3 N–H and O–H groups in total. The van der Waals surface area contributed by atoms with Crippen molar-refractivity contribution in [2.75, 3.05) is 4.90 Å². The van der Waals surface area contributed by atoms with Crippen LogP contribution in [0.2, 0.25) is 0 Å². The molecule has 0 aromatic heterocycles. The average Bonchev–Trinajstić information content (AvgIpc) is 2.89. The average molecular weight is 466 g/mol. The van der Waals surface area contributed by atoms with Gasteiger partial charge in [-0.1, -0.05) is 78.9 Å². The first-order chi connectivity index (χ1) is 17.0. The molecule has 0 aliphatic carbocycles. The highest BCUT2D eigenvalue weighted by Crippen LogP contribution is 2.48. The summed E-state index contributed by atoms with van der Waals surface area (Å²) in [5.41, 5.74) is 3.51. The summed E-state index contributed by atoms with van der Waals surface area (Å²) < 4.78 is 0. The van der Waals surface area contributed by atoms with Crippen LogP contribution < -0.4 is 4.90 Å². The van der Waals surface area contributed by atoms with Gasteiger partial charge in [0.05, 0.1) is 18.1 Å². The van der Waals surface area contributed by atoms with Crippen LogP contribution in [-0.4, -0.2) is 21.2 Å². The van der Waals surface area contributed by atoms with Crippen molar-refractivity contribution >= 4 is 11.6 Å². The molecule has 1 fully saturated rings. The van der Waals surface area contributed by atoms with Gasteiger partial charge in [0, 0.05) is 16.8 Å². The van der Waals surface area contributed by atoms with E-state index in [1.54, 1.807) is 41.3 Å². The van der Waals surface area contributed by atoms with E-state index in [-0.39, 0.29) is 29.4 Å². The van der Waals surface area contributed by atoms with Crippen LogP contribution in [0.5, 0.6) is 11.5 Å². The highest BCUT2D eigenvalue weighted by Gasteiger charge is 2.48. The Kier molecular flexibility index (Phi) is 6.25. The summed E-state index contributed by atoms with van der Waals surface area (Å²) >= 11 is 0. The fraction of sp³-hybridized carbons (Fsp3) is 0.167. The van der Waals surface area contributed by atoms with E-state index in [1.165, 1.54) is 0 Å². The Balaban J connectivity index is 1.44. The number of benzene rings is 4. The number of hydrogen-bond acceptors (Lipinski definition) is 4. The molecule has 0 radical (unpaired) electrons. The summed E-state index contributed by atoms with van der Waals surface area (Å²) in [6.45, 7) is 0. The summed E-state index contributed by atoms with van der Waals surface area (Å²) in [5.74, 6) is -0.179. The van der Waals surface area contributed by atoms with Gasteiger partial charge < -0.3 is 20.2 Å². The Hall–Kier alpha value is -4.09. The molecule has 5 nitrogen and oxygen atoms in total. The smallest absolute Gasteiger partial charge is 0.233 e. The predicted octanol–water partition coefficient (Wildman–Crippen LogP) is 5.98. The Morgan fingerprint density at radius 2 is 1.37 bits per heavy atom. The molecule has 1 aliphatic heterocycles. The van der Waals surface area contributed by atoms with Crippen molar-refractivity contribution in [3.63, 3.8) is 0 Å². The molecule has 35 heavy (non-hydrogen) atoms.